The minimum Gasteiger partial charge on any atom is -0.807 e. The molecular formula is C7H15NO3P-. The molecule has 1 aliphatic rings. The Balaban J connectivity index is 2.35. The minimum atomic E-state index is -4.29. The second-order valence-corrected chi connectivity index (χ2v) is 4.97. The zero-order valence-corrected chi connectivity index (χ0v) is 8.02. The number of nitrogens with one attached hydrogen (secondary N) is 1. The standard InChI is InChI=1S/C7H16NO3P/c9-12(10,11)7-8-5-3-1-2-4-6-8/h1-7H2,(H2,9,10,11)/p-1. The Hall–Kier alpha value is 0.110. The summed E-state index contributed by atoms with van der Waals surface area (Å²) in [6.45, 7) is 1.68. The average Bonchev–Trinajstić information content (AvgIpc) is 2.12. The molecule has 0 bridgehead atoms. The van der Waals surface area contributed by atoms with E-state index < -0.39 is 7.60 Å². The van der Waals surface area contributed by atoms with Gasteiger partial charge in [0, 0.05) is 0 Å². The molecule has 0 aromatic heterocycles. The summed E-state index contributed by atoms with van der Waals surface area (Å²) >= 11 is 0. The first-order valence-electron chi connectivity index (χ1n) is 4.42. The highest BCUT2D eigenvalue weighted by Gasteiger charge is 2.12. The van der Waals surface area contributed by atoms with Crippen molar-refractivity contribution in [2.75, 3.05) is 19.4 Å². The number of rotatable bonds is 2. The van der Waals surface area contributed by atoms with Gasteiger partial charge in [-0.1, -0.05) is 0 Å². The highest BCUT2D eigenvalue weighted by Crippen LogP contribution is 2.18. The number of hydrogen-bond donors (Lipinski definition) is 1. The third kappa shape index (κ3) is 4.21. The van der Waals surface area contributed by atoms with Gasteiger partial charge < -0.3 is 19.3 Å². The lowest BCUT2D eigenvalue weighted by Gasteiger charge is -2.32. The van der Waals surface area contributed by atoms with E-state index in [2.05, 4.69) is 0 Å². The molecule has 5 heteroatoms. The molecule has 0 saturated carbocycles. The van der Waals surface area contributed by atoms with Gasteiger partial charge in [0.2, 0.25) is 0 Å². The topological polar surface area (TPSA) is 67.6 Å². The summed E-state index contributed by atoms with van der Waals surface area (Å²) in [4.78, 5) is 21.9. The van der Waals surface area contributed by atoms with Gasteiger partial charge in [0.15, 0.2) is 0 Å². The quantitative estimate of drug-likeness (QED) is 0.531. The van der Waals surface area contributed by atoms with Crippen molar-refractivity contribution in [1.82, 2.24) is 0 Å². The first-order valence-corrected chi connectivity index (χ1v) is 6.15. The fourth-order valence-electron chi connectivity index (χ4n) is 1.66. The summed E-state index contributed by atoms with van der Waals surface area (Å²) in [5, 5.41) is 0. The second kappa shape index (κ2) is 4.38. The molecule has 1 N–H and O–H groups in total. The SMILES string of the molecule is O=P([O-])([O-])C[NH+]1CCCCCC1. The normalized spacial score (nSPS) is 22.2. The van der Waals surface area contributed by atoms with Crippen LogP contribution in [0.25, 0.3) is 0 Å². The molecule has 0 aliphatic carbocycles. The highest BCUT2D eigenvalue weighted by molar-refractivity contribution is 7.48. The van der Waals surface area contributed by atoms with Crippen LogP contribution >= 0.6 is 7.60 Å². The molecule has 0 atom stereocenters. The Morgan fingerprint density at radius 3 is 2.00 bits per heavy atom. The molecule has 0 aromatic rings. The van der Waals surface area contributed by atoms with Crippen molar-refractivity contribution < 1.29 is 19.3 Å². The maximum atomic E-state index is 10.5. The van der Waals surface area contributed by atoms with Crippen LogP contribution in [-0.2, 0) is 4.57 Å². The van der Waals surface area contributed by atoms with E-state index in [4.69, 9.17) is 0 Å². The fourth-order valence-corrected chi connectivity index (χ4v) is 2.52. The molecule has 0 spiro atoms. The Morgan fingerprint density at radius 2 is 1.58 bits per heavy atom. The number of hydrogen-bond acceptors (Lipinski definition) is 3. The minimum absolute atomic E-state index is 0.201. The van der Waals surface area contributed by atoms with E-state index in [1.807, 2.05) is 0 Å². The molecule has 1 heterocycles. The molecule has 12 heavy (non-hydrogen) atoms. The van der Waals surface area contributed by atoms with Gasteiger partial charge in [-0.15, -0.1) is 0 Å². The summed E-state index contributed by atoms with van der Waals surface area (Å²) in [5.74, 6) is 0. The van der Waals surface area contributed by atoms with Crippen LogP contribution in [0.4, 0.5) is 0 Å². The molecule has 1 aliphatic heterocycles. The summed E-state index contributed by atoms with van der Waals surface area (Å²) in [6, 6.07) is 0. The van der Waals surface area contributed by atoms with Crippen LogP contribution in [0.3, 0.4) is 0 Å². The van der Waals surface area contributed by atoms with Gasteiger partial charge in [0.1, 0.15) is 6.29 Å². The molecule has 0 aromatic carbocycles. The summed E-state index contributed by atoms with van der Waals surface area (Å²) in [5.41, 5.74) is 0. The van der Waals surface area contributed by atoms with Crippen LogP contribution in [-0.4, -0.2) is 19.4 Å². The Bertz CT molecular complexity index is 171. The van der Waals surface area contributed by atoms with Crippen LogP contribution in [0.15, 0.2) is 0 Å². The van der Waals surface area contributed by atoms with Crippen LogP contribution in [0, 0.1) is 0 Å². The van der Waals surface area contributed by atoms with E-state index in [1.165, 1.54) is 12.8 Å². The molecule has 1 rings (SSSR count). The van der Waals surface area contributed by atoms with Crippen molar-refractivity contribution in [2.45, 2.75) is 25.7 Å². The van der Waals surface area contributed by atoms with Gasteiger partial charge in [-0.25, -0.2) is 0 Å². The van der Waals surface area contributed by atoms with Gasteiger partial charge in [-0.05, 0) is 33.3 Å². The predicted molar refractivity (Wildman–Crippen MR) is 41.6 cm³/mol. The van der Waals surface area contributed by atoms with Crippen LogP contribution in [0.5, 0.6) is 0 Å². The molecule has 0 radical (unpaired) electrons. The Labute approximate surface area is 72.7 Å². The predicted octanol–water partition coefficient (Wildman–Crippen LogP) is -1.68. The van der Waals surface area contributed by atoms with Crippen molar-refractivity contribution in [1.29, 1.82) is 0 Å². The smallest absolute Gasteiger partial charge is 0.103 e. The van der Waals surface area contributed by atoms with Gasteiger partial charge in [-0.3, -0.25) is 0 Å². The zero-order chi connectivity index (χ0) is 9.03. The average molecular weight is 192 g/mol. The lowest BCUT2D eigenvalue weighted by Crippen LogP contribution is -3.12. The fraction of sp³-hybridized carbons (Fsp3) is 1.00. The third-order valence-electron chi connectivity index (χ3n) is 2.23. The van der Waals surface area contributed by atoms with E-state index >= 15 is 0 Å². The number of quaternary nitrogens is 1. The van der Waals surface area contributed by atoms with Crippen molar-refractivity contribution in [3.63, 3.8) is 0 Å². The zero-order valence-electron chi connectivity index (χ0n) is 7.12. The van der Waals surface area contributed by atoms with E-state index in [-0.39, 0.29) is 6.29 Å². The van der Waals surface area contributed by atoms with Gasteiger partial charge in [-0.2, -0.15) is 0 Å². The largest absolute Gasteiger partial charge is 0.807 e. The monoisotopic (exact) mass is 192 g/mol. The second-order valence-electron chi connectivity index (χ2n) is 3.43. The highest BCUT2D eigenvalue weighted by atomic mass is 31.2. The van der Waals surface area contributed by atoms with E-state index in [0.29, 0.717) is 0 Å². The molecule has 4 nitrogen and oxygen atoms in total. The maximum absolute atomic E-state index is 10.5. The molecule has 0 amide bonds. The first kappa shape index (κ1) is 10.2. The van der Waals surface area contributed by atoms with E-state index in [1.54, 1.807) is 0 Å². The Morgan fingerprint density at radius 1 is 1.08 bits per heavy atom. The van der Waals surface area contributed by atoms with Crippen LogP contribution in [0.1, 0.15) is 25.7 Å². The van der Waals surface area contributed by atoms with Gasteiger partial charge in [0.05, 0.1) is 13.1 Å². The van der Waals surface area contributed by atoms with Crippen molar-refractivity contribution in [3.05, 3.63) is 0 Å². The summed E-state index contributed by atoms with van der Waals surface area (Å²) in [6.07, 6.45) is 4.24. The van der Waals surface area contributed by atoms with Gasteiger partial charge in [0.25, 0.3) is 0 Å². The van der Waals surface area contributed by atoms with E-state index in [0.717, 1.165) is 30.8 Å². The first-order chi connectivity index (χ1) is 5.58. The molecule has 72 valence electrons. The molecular weight excluding hydrogens is 177 g/mol. The van der Waals surface area contributed by atoms with Crippen molar-refractivity contribution in [3.8, 4) is 0 Å². The third-order valence-corrected chi connectivity index (χ3v) is 3.06. The molecule has 1 fully saturated rings. The van der Waals surface area contributed by atoms with Crippen LogP contribution < -0.4 is 14.7 Å². The van der Waals surface area contributed by atoms with Crippen LogP contribution in [0.2, 0.25) is 0 Å². The summed E-state index contributed by atoms with van der Waals surface area (Å²) < 4.78 is 10.5. The van der Waals surface area contributed by atoms with Crippen molar-refractivity contribution >= 4 is 7.60 Å². The molecule has 0 unspecified atom stereocenters. The van der Waals surface area contributed by atoms with E-state index in [9.17, 15) is 14.4 Å². The summed E-state index contributed by atoms with van der Waals surface area (Å²) in [7, 11) is -4.29. The van der Waals surface area contributed by atoms with Crippen molar-refractivity contribution in [2.24, 2.45) is 0 Å². The number of likely N-dealkylation sites (tertiary alicyclic amines) is 1. The lowest BCUT2D eigenvalue weighted by atomic mass is 10.2. The lowest BCUT2D eigenvalue weighted by molar-refractivity contribution is -0.890. The van der Waals surface area contributed by atoms with Gasteiger partial charge >= 0.3 is 0 Å². The maximum Gasteiger partial charge on any atom is 0.103 e. The molecule has 1 saturated heterocycles. The Kier molecular flexibility index (Phi) is 3.72.